The van der Waals surface area contributed by atoms with E-state index in [9.17, 15) is 5.26 Å². The van der Waals surface area contributed by atoms with Gasteiger partial charge in [0.25, 0.3) is 0 Å². The lowest BCUT2D eigenvalue weighted by atomic mass is 9.89. The molecule has 1 rings (SSSR count). The maximum absolute atomic E-state index is 9.22. The Hall–Kier alpha value is -1.10. The van der Waals surface area contributed by atoms with Crippen LogP contribution in [0.4, 0.5) is 0 Å². The Morgan fingerprint density at radius 3 is 2.29 bits per heavy atom. The molecular weight excluding hydrogens is 260 g/mol. The Morgan fingerprint density at radius 1 is 1.10 bits per heavy atom. The second kappa shape index (κ2) is 9.03. The summed E-state index contributed by atoms with van der Waals surface area (Å²) in [5, 5.41) is 18.2. The maximum Gasteiger partial charge on any atom is 0.0978 e. The third-order valence-corrected chi connectivity index (χ3v) is 4.39. The van der Waals surface area contributed by atoms with E-state index < -0.39 is 0 Å². The van der Waals surface area contributed by atoms with E-state index in [1.165, 1.54) is 6.42 Å². The van der Waals surface area contributed by atoms with Crippen LogP contribution in [0.1, 0.15) is 52.9 Å². The fourth-order valence-corrected chi connectivity index (χ4v) is 2.86. The van der Waals surface area contributed by atoms with Crippen LogP contribution in [0, 0.1) is 28.1 Å². The summed E-state index contributed by atoms with van der Waals surface area (Å²) in [7, 11) is 0. The van der Waals surface area contributed by atoms with Crippen LogP contribution in [0.15, 0.2) is 0 Å². The number of nitriles is 2. The number of piperazine rings is 1. The van der Waals surface area contributed by atoms with E-state index in [0.717, 1.165) is 58.4 Å². The molecule has 21 heavy (non-hydrogen) atoms. The minimum absolute atomic E-state index is 0.105. The lowest BCUT2D eigenvalue weighted by Gasteiger charge is -2.37. The third kappa shape index (κ3) is 6.46. The van der Waals surface area contributed by atoms with Gasteiger partial charge in [-0.05, 0) is 39.7 Å². The van der Waals surface area contributed by atoms with Gasteiger partial charge in [0.05, 0.1) is 23.6 Å². The van der Waals surface area contributed by atoms with Gasteiger partial charge < -0.3 is 4.90 Å². The number of hydrogen-bond acceptors (Lipinski definition) is 4. The van der Waals surface area contributed by atoms with Crippen molar-refractivity contribution in [3.63, 3.8) is 0 Å². The summed E-state index contributed by atoms with van der Waals surface area (Å²) in [6.45, 7) is 11.5. The molecule has 0 saturated carbocycles. The number of rotatable bonds is 8. The van der Waals surface area contributed by atoms with Crippen molar-refractivity contribution < 1.29 is 0 Å². The van der Waals surface area contributed by atoms with Gasteiger partial charge in [0.1, 0.15) is 0 Å². The standard InChI is InChI=1S/C17H30N4/c1-4-7-16(14-18)21-12-10-20(11-13-21)9-6-5-8-17(2,3)15-19/h16H,4-13H2,1-3H3. The van der Waals surface area contributed by atoms with Crippen LogP contribution in [-0.4, -0.2) is 48.6 Å². The zero-order chi connectivity index (χ0) is 15.7. The van der Waals surface area contributed by atoms with Gasteiger partial charge in [-0.2, -0.15) is 10.5 Å². The molecule has 1 heterocycles. The normalized spacial score (nSPS) is 18.9. The van der Waals surface area contributed by atoms with Gasteiger partial charge in [0.15, 0.2) is 0 Å². The Kier molecular flexibility index (Phi) is 7.72. The fourth-order valence-electron chi connectivity index (χ4n) is 2.86. The molecule has 1 atom stereocenters. The zero-order valence-electron chi connectivity index (χ0n) is 13.9. The van der Waals surface area contributed by atoms with E-state index in [1.54, 1.807) is 0 Å². The van der Waals surface area contributed by atoms with Gasteiger partial charge in [-0.3, -0.25) is 4.90 Å². The molecule has 0 amide bonds. The van der Waals surface area contributed by atoms with E-state index in [1.807, 2.05) is 13.8 Å². The molecule has 4 nitrogen and oxygen atoms in total. The fraction of sp³-hybridized carbons (Fsp3) is 0.882. The van der Waals surface area contributed by atoms with Crippen molar-refractivity contribution in [3.8, 4) is 12.1 Å². The average molecular weight is 290 g/mol. The highest BCUT2D eigenvalue weighted by molar-refractivity contribution is 4.93. The number of unbranched alkanes of at least 4 members (excludes halogenated alkanes) is 1. The lowest BCUT2D eigenvalue weighted by Crippen LogP contribution is -2.50. The Bertz CT molecular complexity index is 369. The number of hydrogen-bond donors (Lipinski definition) is 0. The first kappa shape index (κ1) is 18.0. The largest absolute Gasteiger partial charge is 0.301 e. The van der Waals surface area contributed by atoms with Crippen molar-refractivity contribution in [3.05, 3.63) is 0 Å². The van der Waals surface area contributed by atoms with E-state index in [0.29, 0.717) is 0 Å². The quantitative estimate of drug-likeness (QED) is 0.645. The SMILES string of the molecule is CCCC(C#N)N1CCN(CCCCC(C)(C)C#N)CC1. The first-order valence-corrected chi connectivity index (χ1v) is 8.29. The molecule has 1 aliphatic rings. The van der Waals surface area contributed by atoms with Gasteiger partial charge in [0, 0.05) is 26.2 Å². The summed E-state index contributed by atoms with van der Waals surface area (Å²) in [4.78, 5) is 4.83. The third-order valence-electron chi connectivity index (χ3n) is 4.39. The predicted octanol–water partition coefficient (Wildman–Crippen LogP) is 3.02. The summed E-state index contributed by atoms with van der Waals surface area (Å²) >= 11 is 0. The van der Waals surface area contributed by atoms with Gasteiger partial charge >= 0.3 is 0 Å². The summed E-state index contributed by atoms with van der Waals surface area (Å²) in [5.41, 5.74) is -0.182. The van der Waals surface area contributed by atoms with E-state index in [4.69, 9.17) is 5.26 Å². The molecule has 4 heteroatoms. The van der Waals surface area contributed by atoms with Crippen LogP contribution in [0.2, 0.25) is 0 Å². The molecule has 0 bridgehead atoms. The van der Waals surface area contributed by atoms with Crippen molar-refractivity contribution in [1.29, 1.82) is 10.5 Å². The molecule has 0 radical (unpaired) electrons. The van der Waals surface area contributed by atoms with Crippen molar-refractivity contribution >= 4 is 0 Å². The summed E-state index contributed by atoms with van der Waals surface area (Å²) in [6, 6.07) is 4.91. The molecule has 0 aliphatic carbocycles. The topological polar surface area (TPSA) is 54.1 Å². The molecular formula is C17H30N4. The Balaban J connectivity index is 2.19. The summed E-state index contributed by atoms with van der Waals surface area (Å²) in [5.74, 6) is 0. The molecule has 0 aromatic carbocycles. The van der Waals surface area contributed by atoms with Crippen LogP contribution in [-0.2, 0) is 0 Å². The van der Waals surface area contributed by atoms with Gasteiger partial charge in [-0.1, -0.05) is 19.8 Å². The Morgan fingerprint density at radius 2 is 1.76 bits per heavy atom. The Labute approximate surface area is 130 Å². The average Bonchev–Trinajstić information content (AvgIpc) is 2.50. The first-order chi connectivity index (χ1) is 10.0. The lowest BCUT2D eigenvalue weighted by molar-refractivity contribution is 0.109. The first-order valence-electron chi connectivity index (χ1n) is 8.29. The molecule has 1 aliphatic heterocycles. The highest BCUT2D eigenvalue weighted by Crippen LogP contribution is 2.21. The second-order valence-electron chi connectivity index (χ2n) is 6.76. The molecule has 0 aromatic heterocycles. The minimum atomic E-state index is -0.182. The predicted molar refractivity (Wildman–Crippen MR) is 85.6 cm³/mol. The van der Waals surface area contributed by atoms with Crippen molar-refractivity contribution in [2.45, 2.75) is 58.9 Å². The van der Waals surface area contributed by atoms with Crippen LogP contribution in [0.3, 0.4) is 0 Å². The maximum atomic E-state index is 9.22. The summed E-state index contributed by atoms with van der Waals surface area (Å²) in [6.07, 6.45) is 5.34. The van der Waals surface area contributed by atoms with Crippen LogP contribution < -0.4 is 0 Å². The van der Waals surface area contributed by atoms with E-state index in [2.05, 4.69) is 28.9 Å². The summed E-state index contributed by atoms with van der Waals surface area (Å²) < 4.78 is 0. The van der Waals surface area contributed by atoms with Crippen molar-refractivity contribution in [1.82, 2.24) is 9.80 Å². The van der Waals surface area contributed by atoms with Gasteiger partial charge in [0.2, 0.25) is 0 Å². The smallest absolute Gasteiger partial charge is 0.0978 e. The van der Waals surface area contributed by atoms with Crippen LogP contribution in [0.25, 0.3) is 0 Å². The monoisotopic (exact) mass is 290 g/mol. The van der Waals surface area contributed by atoms with Gasteiger partial charge in [-0.15, -0.1) is 0 Å². The molecule has 1 fully saturated rings. The second-order valence-corrected chi connectivity index (χ2v) is 6.76. The zero-order valence-corrected chi connectivity index (χ0v) is 13.9. The molecule has 0 spiro atoms. The highest BCUT2D eigenvalue weighted by atomic mass is 15.3. The molecule has 1 saturated heterocycles. The number of nitrogens with zero attached hydrogens (tertiary/aromatic N) is 4. The minimum Gasteiger partial charge on any atom is -0.301 e. The molecule has 0 aromatic rings. The van der Waals surface area contributed by atoms with E-state index in [-0.39, 0.29) is 11.5 Å². The highest BCUT2D eigenvalue weighted by Gasteiger charge is 2.23. The molecule has 1 unspecified atom stereocenters. The van der Waals surface area contributed by atoms with E-state index >= 15 is 0 Å². The van der Waals surface area contributed by atoms with Crippen molar-refractivity contribution in [2.24, 2.45) is 5.41 Å². The van der Waals surface area contributed by atoms with Crippen LogP contribution in [0.5, 0.6) is 0 Å². The van der Waals surface area contributed by atoms with Crippen molar-refractivity contribution in [2.75, 3.05) is 32.7 Å². The van der Waals surface area contributed by atoms with Gasteiger partial charge in [-0.25, -0.2) is 0 Å². The molecule has 118 valence electrons. The molecule has 0 N–H and O–H groups in total. The van der Waals surface area contributed by atoms with Crippen LogP contribution >= 0.6 is 0 Å².